The Balaban J connectivity index is 2.31. The van der Waals surface area contributed by atoms with Crippen LogP contribution in [0, 0.1) is 0 Å². The molecule has 0 radical (unpaired) electrons. The summed E-state index contributed by atoms with van der Waals surface area (Å²) in [5, 5.41) is -0.529. The highest BCUT2D eigenvalue weighted by atomic mass is 32.2. The van der Waals surface area contributed by atoms with Gasteiger partial charge in [-0.1, -0.05) is 37.3 Å². The Morgan fingerprint density at radius 1 is 1.26 bits per heavy atom. The molecule has 1 aromatic rings. The molecular weight excluding hydrogens is 262 g/mol. The quantitative estimate of drug-likeness (QED) is 0.855. The molecule has 0 spiro atoms. The van der Waals surface area contributed by atoms with Crippen LogP contribution < -0.4 is 5.73 Å². The molecule has 0 saturated heterocycles. The normalized spacial score (nSPS) is 30.3. The lowest BCUT2D eigenvalue weighted by Gasteiger charge is -2.11. The van der Waals surface area contributed by atoms with Gasteiger partial charge in [-0.25, -0.2) is 8.42 Å². The van der Waals surface area contributed by atoms with E-state index in [-0.39, 0.29) is 18.3 Å². The fraction of sp³-hybridized carbons (Fsp3) is 0.571. The van der Waals surface area contributed by atoms with E-state index in [9.17, 15) is 8.42 Å². The van der Waals surface area contributed by atoms with E-state index in [1.165, 1.54) is 0 Å². The Labute approximate surface area is 114 Å². The van der Waals surface area contributed by atoms with Crippen LogP contribution in [0.2, 0.25) is 0 Å². The summed E-state index contributed by atoms with van der Waals surface area (Å²) in [5.41, 5.74) is 6.50. The second kappa shape index (κ2) is 5.23. The third kappa shape index (κ3) is 2.55. The smallest absolute Gasteiger partial charge is 0.155 e. The summed E-state index contributed by atoms with van der Waals surface area (Å²) in [6.45, 7) is 4.37. The Morgan fingerprint density at radius 3 is 2.42 bits per heavy atom. The molecule has 1 aliphatic rings. The molecule has 4 nitrogen and oxygen atoms in total. The summed E-state index contributed by atoms with van der Waals surface area (Å²) >= 11 is 0. The molecule has 1 aliphatic carbocycles. The van der Waals surface area contributed by atoms with Gasteiger partial charge in [0.25, 0.3) is 0 Å². The number of hydrogen-bond donors (Lipinski definition) is 1. The number of ether oxygens (including phenoxy) is 1. The molecule has 2 rings (SSSR count). The molecule has 3 atom stereocenters. The lowest BCUT2D eigenvalue weighted by Crippen LogP contribution is -2.36. The maximum absolute atomic E-state index is 12.2. The number of benzene rings is 1. The third-order valence-corrected chi connectivity index (χ3v) is 6.10. The lowest BCUT2D eigenvalue weighted by molar-refractivity contribution is 0.125. The monoisotopic (exact) mass is 283 g/mol. The minimum Gasteiger partial charge on any atom is -0.380 e. The maximum Gasteiger partial charge on any atom is 0.155 e. The first-order valence-corrected chi connectivity index (χ1v) is 8.32. The molecular formula is C14H21NO3S. The molecule has 1 fully saturated rings. The largest absolute Gasteiger partial charge is 0.380 e. The van der Waals surface area contributed by atoms with E-state index in [1.807, 2.05) is 37.3 Å². The van der Waals surface area contributed by atoms with Crippen LogP contribution in [-0.2, 0) is 14.6 Å². The van der Waals surface area contributed by atoms with Gasteiger partial charge in [0.15, 0.2) is 9.84 Å². The predicted octanol–water partition coefficient (Wildman–Crippen LogP) is 1.32. The second-order valence-corrected chi connectivity index (χ2v) is 7.42. The SMILES string of the molecule is CCOC[C@]1(N)[C@@H](c2ccccc2)[C@@H]1S(=O)(=O)CC. The molecule has 0 unspecified atom stereocenters. The molecule has 1 aromatic carbocycles. The predicted molar refractivity (Wildman–Crippen MR) is 75.8 cm³/mol. The van der Waals surface area contributed by atoms with E-state index in [0.29, 0.717) is 6.61 Å². The summed E-state index contributed by atoms with van der Waals surface area (Å²) < 4.78 is 29.8. The Bertz CT molecular complexity index is 529. The summed E-state index contributed by atoms with van der Waals surface area (Å²) in [6, 6.07) is 9.59. The van der Waals surface area contributed by atoms with Crippen LogP contribution in [0.5, 0.6) is 0 Å². The van der Waals surface area contributed by atoms with Crippen LogP contribution >= 0.6 is 0 Å². The van der Waals surface area contributed by atoms with Gasteiger partial charge in [0, 0.05) is 18.3 Å². The molecule has 106 valence electrons. The molecule has 0 amide bonds. The van der Waals surface area contributed by atoms with Crippen molar-refractivity contribution in [3.63, 3.8) is 0 Å². The van der Waals surface area contributed by atoms with Crippen LogP contribution in [0.25, 0.3) is 0 Å². The first-order valence-electron chi connectivity index (χ1n) is 6.60. The van der Waals surface area contributed by atoms with E-state index in [1.54, 1.807) is 6.92 Å². The Kier molecular flexibility index (Phi) is 3.99. The van der Waals surface area contributed by atoms with Crippen molar-refractivity contribution in [1.29, 1.82) is 0 Å². The van der Waals surface area contributed by atoms with Crippen molar-refractivity contribution in [1.82, 2.24) is 0 Å². The van der Waals surface area contributed by atoms with Gasteiger partial charge in [-0.3, -0.25) is 0 Å². The Hall–Kier alpha value is -0.910. The average Bonchev–Trinajstić information content (AvgIpc) is 3.05. The number of nitrogens with two attached hydrogens (primary N) is 1. The van der Waals surface area contributed by atoms with Gasteiger partial charge in [0.2, 0.25) is 0 Å². The maximum atomic E-state index is 12.2. The van der Waals surface area contributed by atoms with Crippen molar-refractivity contribution >= 4 is 9.84 Å². The molecule has 0 aliphatic heterocycles. The molecule has 1 saturated carbocycles. The molecule has 19 heavy (non-hydrogen) atoms. The average molecular weight is 283 g/mol. The third-order valence-electron chi connectivity index (χ3n) is 3.81. The Morgan fingerprint density at radius 2 is 1.89 bits per heavy atom. The standard InChI is InChI=1S/C14H21NO3S/c1-3-18-10-14(15)12(11-8-6-5-7-9-11)13(14)19(16,17)4-2/h5-9,12-13H,3-4,10,15H2,1-2H3/t12-,13-,14-/m0/s1. The lowest BCUT2D eigenvalue weighted by atomic mass is 10.1. The van der Waals surface area contributed by atoms with E-state index >= 15 is 0 Å². The van der Waals surface area contributed by atoms with Gasteiger partial charge in [0.05, 0.1) is 17.4 Å². The van der Waals surface area contributed by atoms with Gasteiger partial charge in [-0.2, -0.15) is 0 Å². The van der Waals surface area contributed by atoms with Crippen LogP contribution in [-0.4, -0.2) is 38.2 Å². The summed E-state index contributed by atoms with van der Waals surface area (Å²) in [5.74, 6) is -0.0447. The number of hydrogen-bond acceptors (Lipinski definition) is 4. The fourth-order valence-corrected chi connectivity index (χ4v) is 4.73. The fourth-order valence-electron chi connectivity index (χ4n) is 2.74. The molecule has 0 aromatic heterocycles. The topological polar surface area (TPSA) is 69.4 Å². The highest BCUT2D eigenvalue weighted by molar-refractivity contribution is 7.92. The first-order chi connectivity index (χ1) is 8.97. The zero-order valence-electron chi connectivity index (χ0n) is 11.4. The zero-order chi connectivity index (χ0) is 14.1. The second-order valence-electron chi connectivity index (χ2n) is 5.01. The van der Waals surface area contributed by atoms with Gasteiger partial charge in [-0.15, -0.1) is 0 Å². The van der Waals surface area contributed by atoms with Gasteiger partial charge < -0.3 is 10.5 Å². The highest BCUT2D eigenvalue weighted by Gasteiger charge is 2.68. The van der Waals surface area contributed by atoms with Crippen LogP contribution in [0.15, 0.2) is 30.3 Å². The summed E-state index contributed by atoms with van der Waals surface area (Å²) in [7, 11) is -3.17. The van der Waals surface area contributed by atoms with Crippen molar-refractivity contribution in [2.45, 2.75) is 30.6 Å². The van der Waals surface area contributed by atoms with E-state index in [0.717, 1.165) is 5.56 Å². The summed E-state index contributed by atoms with van der Waals surface area (Å²) in [4.78, 5) is 0. The zero-order valence-corrected chi connectivity index (χ0v) is 12.2. The van der Waals surface area contributed by atoms with Crippen molar-refractivity contribution in [3.8, 4) is 0 Å². The van der Waals surface area contributed by atoms with E-state index in [2.05, 4.69) is 0 Å². The van der Waals surface area contributed by atoms with Gasteiger partial charge >= 0.3 is 0 Å². The van der Waals surface area contributed by atoms with Crippen LogP contribution in [0.3, 0.4) is 0 Å². The molecule has 5 heteroatoms. The van der Waals surface area contributed by atoms with Crippen molar-refractivity contribution < 1.29 is 13.2 Å². The minimum absolute atomic E-state index is 0.117. The number of rotatable bonds is 6. The van der Waals surface area contributed by atoms with Gasteiger partial charge in [-0.05, 0) is 12.5 Å². The van der Waals surface area contributed by atoms with Gasteiger partial charge in [0.1, 0.15) is 0 Å². The highest BCUT2D eigenvalue weighted by Crippen LogP contribution is 2.54. The first kappa shape index (κ1) is 14.5. The number of sulfone groups is 1. The minimum atomic E-state index is -3.17. The van der Waals surface area contributed by atoms with Crippen LogP contribution in [0.1, 0.15) is 25.3 Å². The van der Waals surface area contributed by atoms with Crippen molar-refractivity contribution in [2.24, 2.45) is 5.73 Å². The van der Waals surface area contributed by atoms with Crippen molar-refractivity contribution in [3.05, 3.63) is 35.9 Å². The molecule has 0 heterocycles. The van der Waals surface area contributed by atoms with E-state index in [4.69, 9.17) is 10.5 Å². The molecule has 2 N–H and O–H groups in total. The van der Waals surface area contributed by atoms with Crippen LogP contribution in [0.4, 0.5) is 0 Å². The molecule has 0 bridgehead atoms. The summed E-state index contributed by atoms with van der Waals surface area (Å²) in [6.07, 6.45) is 0. The van der Waals surface area contributed by atoms with E-state index < -0.39 is 20.6 Å². The van der Waals surface area contributed by atoms with Crippen molar-refractivity contribution in [2.75, 3.05) is 19.0 Å².